The van der Waals surface area contributed by atoms with Crippen molar-refractivity contribution < 1.29 is 0 Å². The maximum atomic E-state index is 4.68. The molecule has 4 nitrogen and oxygen atoms in total. The number of nitrogens with one attached hydrogen (secondary N) is 1. The third kappa shape index (κ3) is 3.80. The summed E-state index contributed by atoms with van der Waals surface area (Å²) < 4.78 is 0. The predicted octanol–water partition coefficient (Wildman–Crippen LogP) is 4.01. The average molecular weight is 332 g/mol. The quantitative estimate of drug-likeness (QED) is 0.783. The van der Waals surface area contributed by atoms with E-state index in [4.69, 9.17) is 0 Å². The summed E-state index contributed by atoms with van der Waals surface area (Å²) in [5.41, 5.74) is 3.44. The smallest absolute Gasteiger partial charge is 0.223 e. The Morgan fingerprint density at radius 1 is 0.960 bits per heavy atom. The Morgan fingerprint density at radius 2 is 1.68 bits per heavy atom. The molecule has 1 aliphatic rings. The monoisotopic (exact) mass is 332 g/mol. The molecule has 1 aliphatic heterocycles. The van der Waals surface area contributed by atoms with Crippen LogP contribution in [-0.4, -0.2) is 34.0 Å². The molecule has 0 aliphatic carbocycles. The van der Waals surface area contributed by atoms with Crippen molar-refractivity contribution in [2.24, 2.45) is 0 Å². The van der Waals surface area contributed by atoms with Crippen molar-refractivity contribution >= 4 is 16.9 Å². The van der Waals surface area contributed by atoms with E-state index in [1.165, 1.54) is 5.56 Å². The summed E-state index contributed by atoms with van der Waals surface area (Å²) in [4.78, 5) is 11.9. The summed E-state index contributed by atoms with van der Waals surface area (Å²) >= 11 is 0. The molecule has 128 valence electrons. The van der Waals surface area contributed by atoms with E-state index < -0.39 is 0 Å². The molecule has 0 bridgehead atoms. The third-order valence-electron chi connectivity index (χ3n) is 4.96. The molecule has 4 heteroatoms. The van der Waals surface area contributed by atoms with Crippen molar-refractivity contribution in [2.75, 3.05) is 18.4 Å². The second kappa shape index (κ2) is 7.19. The minimum atomic E-state index is 0.451. The SMILES string of the molecule is Cc1nc(NC2CCN(Cc3ccccc3)CC2)nc2ccccc12. The lowest BCUT2D eigenvalue weighted by molar-refractivity contribution is 0.211. The number of nitrogens with zero attached hydrogens (tertiary/aromatic N) is 3. The number of hydrogen-bond donors (Lipinski definition) is 1. The second-order valence-corrected chi connectivity index (χ2v) is 6.83. The molecule has 0 amide bonds. The summed E-state index contributed by atoms with van der Waals surface area (Å²) in [5.74, 6) is 0.762. The Morgan fingerprint density at radius 3 is 2.48 bits per heavy atom. The van der Waals surface area contributed by atoms with E-state index in [9.17, 15) is 0 Å². The van der Waals surface area contributed by atoms with Crippen molar-refractivity contribution in [3.63, 3.8) is 0 Å². The van der Waals surface area contributed by atoms with Gasteiger partial charge in [-0.15, -0.1) is 0 Å². The molecule has 4 rings (SSSR count). The van der Waals surface area contributed by atoms with E-state index in [1.54, 1.807) is 0 Å². The number of likely N-dealkylation sites (tertiary alicyclic amines) is 1. The van der Waals surface area contributed by atoms with Gasteiger partial charge in [-0.2, -0.15) is 0 Å². The molecule has 0 spiro atoms. The molecule has 2 heterocycles. The number of rotatable bonds is 4. The fourth-order valence-electron chi connectivity index (χ4n) is 3.56. The van der Waals surface area contributed by atoms with Crippen LogP contribution in [0.15, 0.2) is 54.6 Å². The first kappa shape index (κ1) is 16.0. The molecule has 0 radical (unpaired) electrons. The maximum absolute atomic E-state index is 4.68. The normalized spacial score (nSPS) is 16.2. The van der Waals surface area contributed by atoms with Crippen molar-refractivity contribution in [2.45, 2.75) is 32.4 Å². The minimum absolute atomic E-state index is 0.451. The van der Waals surface area contributed by atoms with Crippen LogP contribution in [-0.2, 0) is 6.54 Å². The lowest BCUT2D eigenvalue weighted by Gasteiger charge is -2.32. The van der Waals surface area contributed by atoms with Crippen LogP contribution >= 0.6 is 0 Å². The van der Waals surface area contributed by atoms with Gasteiger partial charge in [-0.3, -0.25) is 4.90 Å². The second-order valence-electron chi connectivity index (χ2n) is 6.83. The Kier molecular flexibility index (Phi) is 4.61. The van der Waals surface area contributed by atoms with Crippen molar-refractivity contribution in [1.29, 1.82) is 0 Å². The van der Waals surface area contributed by atoms with Crippen LogP contribution in [0.5, 0.6) is 0 Å². The highest BCUT2D eigenvalue weighted by Gasteiger charge is 2.20. The standard InChI is InChI=1S/C21H24N4/c1-16-19-9-5-6-10-20(19)24-21(22-16)23-18-11-13-25(14-12-18)15-17-7-3-2-4-8-17/h2-10,18H,11-15H2,1H3,(H,22,23,24). The molecule has 1 saturated heterocycles. The summed E-state index contributed by atoms with van der Waals surface area (Å²) in [5, 5.41) is 4.68. The van der Waals surface area contributed by atoms with E-state index >= 15 is 0 Å². The van der Waals surface area contributed by atoms with Crippen molar-refractivity contribution in [3.05, 3.63) is 65.9 Å². The van der Waals surface area contributed by atoms with E-state index in [2.05, 4.69) is 69.6 Å². The molecule has 0 saturated carbocycles. The first-order valence-electron chi connectivity index (χ1n) is 9.04. The molecule has 1 aromatic heterocycles. The van der Waals surface area contributed by atoms with E-state index in [-0.39, 0.29) is 0 Å². The fraction of sp³-hybridized carbons (Fsp3) is 0.333. The maximum Gasteiger partial charge on any atom is 0.223 e. The van der Waals surface area contributed by atoms with Gasteiger partial charge in [-0.1, -0.05) is 48.5 Å². The number of anilines is 1. The van der Waals surface area contributed by atoms with Gasteiger partial charge in [0.25, 0.3) is 0 Å². The Hall–Kier alpha value is -2.46. The van der Waals surface area contributed by atoms with Gasteiger partial charge < -0.3 is 5.32 Å². The van der Waals surface area contributed by atoms with Gasteiger partial charge in [0, 0.05) is 31.1 Å². The van der Waals surface area contributed by atoms with Crippen LogP contribution in [0.1, 0.15) is 24.1 Å². The highest BCUT2D eigenvalue weighted by atomic mass is 15.2. The van der Waals surface area contributed by atoms with Crippen LogP contribution < -0.4 is 5.32 Å². The van der Waals surface area contributed by atoms with Crippen LogP contribution in [0, 0.1) is 6.92 Å². The summed E-state index contributed by atoms with van der Waals surface area (Å²) in [7, 11) is 0. The highest BCUT2D eigenvalue weighted by Crippen LogP contribution is 2.20. The Labute approximate surface area is 148 Å². The van der Waals surface area contributed by atoms with Gasteiger partial charge in [0.1, 0.15) is 0 Å². The molecule has 0 atom stereocenters. The van der Waals surface area contributed by atoms with Crippen molar-refractivity contribution in [3.8, 4) is 0 Å². The zero-order valence-electron chi connectivity index (χ0n) is 14.7. The van der Waals surface area contributed by atoms with Gasteiger partial charge >= 0.3 is 0 Å². The Balaban J connectivity index is 1.37. The lowest BCUT2D eigenvalue weighted by atomic mass is 10.0. The van der Waals surface area contributed by atoms with Gasteiger partial charge in [-0.05, 0) is 31.4 Å². The zero-order chi connectivity index (χ0) is 17.1. The van der Waals surface area contributed by atoms with E-state index in [1.807, 2.05) is 12.1 Å². The topological polar surface area (TPSA) is 41.1 Å². The molecule has 0 unspecified atom stereocenters. The first-order valence-corrected chi connectivity index (χ1v) is 9.04. The third-order valence-corrected chi connectivity index (χ3v) is 4.96. The largest absolute Gasteiger partial charge is 0.351 e. The van der Waals surface area contributed by atoms with Crippen LogP contribution in [0.3, 0.4) is 0 Å². The number of piperidine rings is 1. The minimum Gasteiger partial charge on any atom is -0.351 e. The molecule has 3 aromatic rings. The number of aromatic nitrogens is 2. The molecular formula is C21H24N4. The van der Waals surface area contributed by atoms with Gasteiger partial charge in [-0.25, -0.2) is 9.97 Å². The molecule has 1 N–H and O–H groups in total. The molecule has 25 heavy (non-hydrogen) atoms. The Bertz CT molecular complexity index is 839. The number of aryl methyl sites for hydroxylation is 1. The number of fused-ring (bicyclic) bond motifs is 1. The van der Waals surface area contributed by atoms with E-state index in [0.717, 1.165) is 55.0 Å². The van der Waals surface area contributed by atoms with Crippen LogP contribution in [0.4, 0.5) is 5.95 Å². The highest BCUT2D eigenvalue weighted by molar-refractivity contribution is 5.81. The van der Waals surface area contributed by atoms with Crippen molar-refractivity contribution in [1.82, 2.24) is 14.9 Å². The predicted molar refractivity (Wildman–Crippen MR) is 103 cm³/mol. The van der Waals surface area contributed by atoms with Gasteiger partial charge in [0.05, 0.1) is 11.2 Å². The summed E-state index contributed by atoms with van der Waals surface area (Å²) in [6, 6.07) is 19.4. The summed E-state index contributed by atoms with van der Waals surface area (Å²) in [6.45, 7) is 5.31. The van der Waals surface area contributed by atoms with Crippen LogP contribution in [0.25, 0.3) is 10.9 Å². The first-order chi connectivity index (χ1) is 12.3. The zero-order valence-corrected chi connectivity index (χ0v) is 14.7. The number of benzene rings is 2. The van der Waals surface area contributed by atoms with Gasteiger partial charge in [0.2, 0.25) is 5.95 Å². The molecule has 1 fully saturated rings. The lowest BCUT2D eigenvalue weighted by Crippen LogP contribution is -2.39. The number of hydrogen-bond acceptors (Lipinski definition) is 4. The number of para-hydroxylation sites is 1. The molecular weight excluding hydrogens is 308 g/mol. The van der Waals surface area contributed by atoms with Gasteiger partial charge in [0.15, 0.2) is 0 Å². The average Bonchev–Trinajstić information content (AvgIpc) is 2.64. The fourth-order valence-corrected chi connectivity index (χ4v) is 3.56. The summed E-state index contributed by atoms with van der Waals surface area (Å²) in [6.07, 6.45) is 2.25. The van der Waals surface area contributed by atoms with Crippen LogP contribution in [0.2, 0.25) is 0 Å². The molecule has 2 aromatic carbocycles. The van der Waals surface area contributed by atoms with E-state index in [0.29, 0.717) is 6.04 Å².